The molecule has 1 unspecified atom stereocenters. The minimum atomic E-state index is -2.93. The Morgan fingerprint density at radius 1 is 1.09 bits per heavy atom. The third kappa shape index (κ3) is 6.39. The fourth-order valence-corrected chi connectivity index (χ4v) is 3.86. The summed E-state index contributed by atoms with van der Waals surface area (Å²) in [6.07, 6.45) is 5.00. The summed E-state index contributed by atoms with van der Waals surface area (Å²) < 4.78 is 30.1. The highest BCUT2D eigenvalue weighted by Gasteiger charge is 2.28. The highest BCUT2D eigenvalue weighted by molar-refractivity contribution is 5.92. The van der Waals surface area contributed by atoms with Crippen molar-refractivity contribution >= 4 is 17.9 Å². The summed E-state index contributed by atoms with van der Waals surface area (Å²) in [5.74, 6) is -0.359. The van der Waals surface area contributed by atoms with Crippen LogP contribution in [0.15, 0.2) is 60.7 Å². The van der Waals surface area contributed by atoms with Gasteiger partial charge in [0, 0.05) is 30.6 Å². The molecule has 1 aliphatic rings. The van der Waals surface area contributed by atoms with Crippen molar-refractivity contribution in [2.45, 2.75) is 38.8 Å². The molecule has 2 aromatic carbocycles. The zero-order valence-corrected chi connectivity index (χ0v) is 18.0. The van der Waals surface area contributed by atoms with E-state index in [1.54, 1.807) is 35.3 Å². The van der Waals surface area contributed by atoms with Gasteiger partial charge < -0.3 is 15.0 Å². The Hall–Kier alpha value is -3.22. The molecule has 1 saturated heterocycles. The smallest absolute Gasteiger partial charge is 0.387 e. The molecule has 0 radical (unpaired) electrons. The number of nitrogens with one attached hydrogen (secondary N) is 1. The normalized spacial score (nSPS) is 15.7. The summed E-state index contributed by atoms with van der Waals surface area (Å²) in [6.45, 7) is -0.0533. The molecule has 1 aliphatic heterocycles. The van der Waals surface area contributed by atoms with Gasteiger partial charge in [-0.15, -0.1) is 0 Å². The first-order chi connectivity index (χ1) is 15.5. The van der Waals surface area contributed by atoms with Gasteiger partial charge in [0.2, 0.25) is 11.8 Å². The van der Waals surface area contributed by atoms with E-state index in [2.05, 4.69) is 10.1 Å². The molecule has 7 heteroatoms. The summed E-state index contributed by atoms with van der Waals surface area (Å²) in [7, 11) is 0. The van der Waals surface area contributed by atoms with Gasteiger partial charge in [-0.25, -0.2) is 0 Å². The molecule has 170 valence electrons. The molecule has 3 rings (SSSR count). The number of nitrogens with zero attached hydrogens (tertiary/aromatic N) is 1. The Labute approximate surface area is 187 Å². The number of piperidine rings is 1. The first kappa shape index (κ1) is 23.4. The van der Waals surface area contributed by atoms with Crippen LogP contribution < -0.4 is 10.1 Å². The number of para-hydroxylation sites is 1. The van der Waals surface area contributed by atoms with Crippen molar-refractivity contribution in [3.05, 3.63) is 71.8 Å². The van der Waals surface area contributed by atoms with Crippen molar-refractivity contribution in [2.75, 3.05) is 13.1 Å². The first-order valence-electron chi connectivity index (χ1n) is 10.8. The van der Waals surface area contributed by atoms with Gasteiger partial charge in [-0.1, -0.05) is 55.5 Å². The highest BCUT2D eigenvalue weighted by Crippen LogP contribution is 2.29. The summed E-state index contributed by atoms with van der Waals surface area (Å²) in [5, 5.41) is 2.98. The standard InChI is InChI=1S/C25H28F2N2O3/c1-2-21(20-10-6-7-11-22(20)32-25(26)27)28-24(31)19-14-16-29(17-15-19)23(30)13-12-18-8-4-3-5-9-18/h3-13,19,21,25H,2,14-17H2,1H3,(H,28,31)/b13-12+. The molecule has 0 aliphatic carbocycles. The van der Waals surface area contributed by atoms with Gasteiger partial charge in [-0.2, -0.15) is 8.78 Å². The Kier molecular flexibility index (Phi) is 8.36. The monoisotopic (exact) mass is 442 g/mol. The molecule has 1 heterocycles. The number of likely N-dealkylation sites (tertiary alicyclic amines) is 1. The van der Waals surface area contributed by atoms with Crippen LogP contribution in [0.3, 0.4) is 0 Å². The number of carbonyl (C=O) groups is 2. The molecular formula is C25H28F2N2O3. The molecule has 1 fully saturated rings. The molecule has 0 bridgehead atoms. The summed E-state index contributed by atoms with van der Waals surface area (Å²) >= 11 is 0. The van der Waals surface area contributed by atoms with Crippen molar-refractivity contribution in [1.82, 2.24) is 10.2 Å². The number of benzene rings is 2. The topological polar surface area (TPSA) is 58.6 Å². The Morgan fingerprint density at radius 2 is 1.75 bits per heavy atom. The van der Waals surface area contributed by atoms with E-state index in [0.717, 1.165) is 5.56 Å². The van der Waals surface area contributed by atoms with Crippen molar-refractivity contribution in [3.63, 3.8) is 0 Å². The lowest BCUT2D eigenvalue weighted by Crippen LogP contribution is -2.43. The second kappa shape index (κ2) is 11.4. The van der Waals surface area contributed by atoms with Gasteiger partial charge in [-0.05, 0) is 37.0 Å². The van der Waals surface area contributed by atoms with E-state index in [-0.39, 0.29) is 23.5 Å². The van der Waals surface area contributed by atoms with E-state index in [1.807, 2.05) is 37.3 Å². The largest absolute Gasteiger partial charge is 0.434 e. The maximum absolute atomic E-state index is 12.8. The number of halogens is 2. The molecular weight excluding hydrogens is 414 g/mol. The molecule has 0 saturated carbocycles. The summed E-state index contributed by atoms with van der Waals surface area (Å²) in [4.78, 5) is 27.0. The molecule has 2 amide bonds. The van der Waals surface area contributed by atoms with Crippen molar-refractivity contribution < 1.29 is 23.1 Å². The van der Waals surface area contributed by atoms with Gasteiger partial charge in [-0.3, -0.25) is 9.59 Å². The highest BCUT2D eigenvalue weighted by atomic mass is 19.3. The fourth-order valence-electron chi connectivity index (χ4n) is 3.86. The Bertz CT molecular complexity index is 926. The van der Waals surface area contributed by atoms with Gasteiger partial charge in [0.25, 0.3) is 0 Å². The van der Waals surface area contributed by atoms with Crippen LogP contribution in [0.2, 0.25) is 0 Å². The van der Waals surface area contributed by atoms with E-state index in [0.29, 0.717) is 37.9 Å². The molecule has 1 N–H and O–H groups in total. The predicted octanol–water partition coefficient (Wildman–Crippen LogP) is 4.81. The summed E-state index contributed by atoms with van der Waals surface area (Å²) in [5.41, 5.74) is 1.49. The minimum absolute atomic E-state index is 0.0697. The Morgan fingerprint density at radius 3 is 2.41 bits per heavy atom. The van der Waals surface area contributed by atoms with Gasteiger partial charge >= 0.3 is 6.61 Å². The van der Waals surface area contributed by atoms with Gasteiger partial charge in [0.05, 0.1) is 6.04 Å². The summed E-state index contributed by atoms with van der Waals surface area (Å²) in [6, 6.07) is 15.7. The van der Waals surface area contributed by atoms with Crippen molar-refractivity contribution in [3.8, 4) is 5.75 Å². The zero-order valence-electron chi connectivity index (χ0n) is 18.0. The number of amides is 2. The second-order valence-electron chi connectivity index (χ2n) is 7.73. The lowest BCUT2D eigenvalue weighted by molar-refractivity contribution is -0.132. The number of hydrogen-bond donors (Lipinski definition) is 1. The molecule has 32 heavy (non-hydrogen) atoms. The molecule has 0 spiro atoms. The third-order valence-electron chi connectivity index (χ3n) is 5.63. The number of rotatable bonds is 8. The van der Waals surface area contributed by atoms with E-state index in [1.165, 1.54) is 6.07 Å². The SMILES string of the molecule is CCC(NC(=O)C1CCN(C(=O)/C=C/c2ccccc2)CC1)c1ccccc1OC(F)F. The lowest BCUT2D eigenvalue weighted by atomic mass is 9.94. The average molecular weight is 443 g/mol. The van der Waals surface area contributed by atoms with Crippen LogP contribution in [0.5, 0.6) is 5.75 Å². The maximum atomic E-state index is 12.8. The molecule has 0 aromatic heterocycles. The Balaban J connectivity index is 1.55. The van der Waals surface area contributed by atoms with E-state index < -0.39 is 12.7 Å². The lowest BCUT2D eigenvalue weighted by Gasteiger charge is -2.31. The third-order valence-corrected chi connectivity index (χ3v) is 5.63. The van der Waals surface area contributed by atoms with Crippen molar-refractivity contribution in [1.29, 1.82) is 0 Å². The second-order valence-corrected chi connectivity index (χ2v) is 7.73. The average Bonchev–Trinajstić information content (AvgIpc) is 2.82. The van der Waals surface area contributed by atoms with E-state index >= 15 is 0 Å². The van der Waals surface area contributed by atoms with Crippen molar-refractivity contribution in [2.24, 2.45) is 5.92 Å². The number of alkyl halides is 2. The van der Waals surface area contributed by atoms with Crippen LogP contribution in [0.4, 0.5) is 8.78 Å². The number of ether oxygens (including phenoxy) is 1. The molecule has 2 aromatic rings. The van der Waals surface area contributed by atoms with Crippen LogP contribution in [0, 0.1) is 5.92 Å². The van der Waals surface area contributed by atoms with E-state index in [4.69, 9.17) is 0 Å². The van der Waals surface area contributed by atoms with Gasteiger partial charge in [0.1, 0.15) is 5.75 Å². The van der Waals surface area contributed by atoms with Crippen LogP contribution in [0.1, 0.15) is 43.4 Å². The van der Waals surface area contributed by atoms with E-state index in [9.17, 15) is 18.4 Å². The zero-order chi connectivity index (χ0) is 22.9. The van der Waals surface area contributed by atoms with Crippen LogP contribution in [-0.2, 0) is 9.59 Å². The van der Waals surface area contributed by atoms with Crippen LogP contribution in [0.25, 0.3) is 6.08 Å². The number of carbonyl (C=O) groups excluding carboxylic acids is 2. The van der Waals surface area contributed by atoms with Gasteiger partial charge in [0.15, 0.2) is 0 Å². The fraction of sp³-hybridized carbons (Fsp3) is 0.360. The molecule has 1 atom stereocenters. The predicted molar refractivity (Wildman–Crippen MR) is 119 cm³/mol. The van der Waals surface area contributed by atoms with Crippen LogP contribution >= 0.6 is 0 Å². The maximum Gasteiger partial charge on any atom is 0.387 e. The quantitative estimate of drug-likeness (QED) is 0.597. The minimum Gasteiger partial charge on any atom is -0.434 e. The molecule has 5 nitrogen and oxygen atoms in total. The van der Waals surface area contributed by atoms with Crippen LogP contribution in [-0.4, -0.2) is 36.4 Å². The first-order valence-corrected chi connectivity index (χ1v) is 10.8. The number of hydrogen-bond acceptors (Lipinski definition) is 3.